The third-order valence-corrected chi connectivity index (χ3v) is 1.95. The number of hydrogen-bond donors (Lipinski definition) is 1. The first-order valence-corrected chi connectivity index (χ1v) is 4.33. The molecular formula is C8H6ClFN2O3. The monoisotopic (exact) mass is 232 g/mol. The van der Waals surface area contributed by atoms with Crippen LogP contribution in [0.1, 0.15) is 10.4 Å². The smallest absolute Gasteiger partial charge is 0.303 e. The number of halogens is 2. The van der Waals surface area contributed by atoms with Gasteiger partial charge in [0.05, 0.1) is 10.8 Å². The third-order valence-electron chi connectivity index (χ3n) is 1.71. The summed E-state index contributed by atoms with van der Waals surface area (Å²) >= 11 is 5.23. The van der Waals surface area contributed by atoms with Gasteiger partial charge < -0.3 is 5.73 Å². The Balaban J connectivity index is 3.46. The van der Waals surface area contributed by atoms with E-state index < -0.39 is 39.3 Å². The zero-order valence-corrected chi connectivity index (χ0v) is 8.12. The Bertz CT molecular complexity index is 436. The fraction of sp³-hybridized carbons (Fsp3) is 0.125. The van der Waals surface area contributed by atoms with Gasteiger partial charge in [0.15, 0.2) is 5.78 Å². The van der Waals surface area contributed by atoms with Crippen molar-refractivity contribution in [3.8, 4) is 0 Å². The predicted molar refractivity (Wildman–Crippen MR) is 52.5 cm³/mol. The van der Waals surface area contributed by atoms with Gasteiger partial charge in [-0.05, 0) is 6.07 Å². The Hall–Kier alpha value is -1.69. The lowest BCUT2D eigenvalue weighted by molar-refractivity contribution is -0.384. The maximum atomic E-state index is 12.9. The number of nitro benzene ring substituents is 1. The Morgan fingerprint density at radius 1 is 1.60 bits per heavy atom. The number of ketones is 1. The lowest BCUT2D eigenvalue weighted by Crippen LogP contribution is -2.08. The van der Waals surface area contributed by atoms with E-state index in [-0.39, 0.29) is 0 Å². The Labute approximate surface area is 88.8 Å². The summed E-state index contributed by atoms with van der Waals surface area (Å²) < 4.78 is 12.9. The Kier molecular flexibility index (Phi) is 3.21. The molecule has 0 aromatic heterocycles. The molecule has 0 aliphatic carbocycles. The SMILES string of the molecule is Nc1cc(F)cc(C(=O)CCl)c1[N+](=O)[O-]. The van der Waals surface area contributed by atoms with Crippen LogP contribution < -0.4 is 5.73 Å². The van der Waals surface area contributed by atoms with E-state index in [0.29, 0.717) is 0 Å². The summed E-state index contributed by atoms with van der Waals surface area (Å²) in [6.07, 6.45) is 0. The fourth-order valence-electron chi connectivity index (χ4n) is 1.11. The second-order valence-electron chi connectivity index (χ2n) is 2.71. The summed E-state index contributed by atoms with van der Waals surface area (Å²) in [6, 6.07) is 1.53. The molecule has 0 fully saturated rings. The van der Waals surface area contributed by atoms with E-state index in [9.17, 15) is 19.3 Å². The molecule has 0 saturated heterocycles. The average molecular weight is 233 g/mol. The first kappa shape index (κ1) is 11.4. The Morgan fingerprint density at radius 3 is 2.67 bits per heavy atom. The van der Waals surface area contributed by atoms with Gasteiger partial charge in [0, 0.05) is 6.07 Å². The molecule has 0 radical (unpaired) electrons. The second kappa shape index (κ2) is 4.22. The number of Topliss-reactive ketones (excluding diaryl/α,β-unsaturated/α-hetero) is 1. The summed E-state index contributed by atoms with van der Waals surface area (Å²) in [5, 5.41) is 10.6. The summed E-state index contributed by atoms with van der Waals surface area (Å²) in [6.45, 7) is 0. The fourth-order valence-corrected chi connectivity index (χ4v) is 1.25. The average Bonchev–Trinajstić information content (AvgIpc) is 2.14. The number of benzene rings is 1. The van der Waals surface area contributed by atoms with Gasteiger partial charge in [-0.3, -0.25) is 14.9 Å². The van der Waals surface area contributed by atoms with E-state index in [1.54, 1.807) is 0 Å². The third kappa shape index (κ3) is 2.21. The van der Waals surface area contributed by atoms with Crippen molar-refractivity contribution in [2.45, 2.75) is 0 Å². The van der Waals surface area contributed by atoms with Crippen molar-refractivity contribution in [2.24, 2.45) is 0 Å². The molecule has 0 heterocycles. The zero-order valence-electron chi connectivity index (χ0n) is 7.37. The first-order chi connectivity index (χ1) is 6.97. The zero-order chi connectivity index (χ0) is 11.6. The van der Waals surface area contributed by atoms with Crippen LogP contribution in [0.2, 0.25) is 0 Å². The molecule has 1 rings (SSSR count). The van der Waals surface area contributed by atoms with Gasteiger partial charge >= 0.3 is 5.69 Å². The minimum absolute atomic E-state index is 0.395. The summed E-state index contributed by atoms with van der Waals surface area (Å²) in [4.78, 5) is 20.9. The minimum atomic E-state index is -0.839. The number of alkyl halides is 1. The molecule has 5 nitrogen and oxygen atoms in total. The molecule has 1 aromatic carbocycles. The molecular weight excluding hydrogens is 227 g/mol. The van der Waals surface area contributed by atoms with Gasteiger partial charge in [0.25, 0.3) is 0 Å². The summed E-state index contributed by atoms with van der Waals surface area (Å²) in [5.41, 5.74) is 3.82. The number of nitrogens with zero attached hydrogens (tertiary/aromatic N) is 1. The van der Waals surface area contributed by atoms with Gasteiger partial charge in [-0.25, -0.2) is 4.39 Å². The molecule has 0 saturated carbocycles. The molecule has 80 valence electrons. The largest absolute Gasteiger partial charge is 0.393 e. The van der Waals surface area contributed by atoms with Gasteiger partial charge in [-0.2, -0.15) is 0 Å². The van der Waals surface area contributed by atoms with E-state index in [4.69, 9.17) is 17.3 Å². The predicted octanol–water partition coefficient (Wildman–Crippen LogP) is 1.74. The Morgan fingerprint density at radius 2 is 2.20 bits per heavy atom. The van der Waals surface area contributed by atoms with E-state index in [1.165, 1.54) is 0 Å². The van der Waals surface area contributed by atoms with Crippen molar-refractivity contribution >= 4 is 28.8 Å². The van der Waals surface area contributed by atoms with Crippen LogP contribution in [0.4, 0.5) is 15.8 Å². The highest BCUT2D eigenvalue weighted by Gasteiger charge is 2.24. The number of nitrogen functional groups attached to an aromatic ring is 1. The van der Waals surface area contributed by atoms with E-state index in [1.807, 2.05) is 0 Å². The first-order valence-electron chi connectivity index (χ1n) is 3.80. The molecule has 0 atom stereocenters. The lowest BCUT2D eigenvalue weighted by atomic mass is 10.1. The van der Waals surface area contributed by atoms with Crippen LogP contribution >= 0.6 is 11.6 Å². The van der Waals surface area contributed by atoms with Crippen LogP contribution in [0.5, 0.6) is 0 Å². The standard InChI is InChI=1S/C8H6ClFN2O3/c9-3-7(13)5-1-4(10)2-6(11)8(5)12(14)15/h1-2H,3,11H2. The molecule has 1 aromatic rings. The van der Waals surface area contributed by atoms with Crippen LogP contribution in [0, 0.1) is 15.9 Å². The van der Waals surface area contributed by atoms with Crippen molar-refractivity contribution < 1.29 is 14.1 Å². The number of carbonyl (C=O) groups is 1. The van der Waals surface area contributed by atoms with Crippen LogP contribution in [-0.2, 0) is 0 Å². The summed E-state index contributed by atoms with van der Waals surface area (Å²) in [7, 11) is 0. The van der Waals surface area contributed by atoms with Crippen LogP contribution in [0.3, 0.4) is 0 Å². The van der Waals surface area contributed by atoms with Crippen LogP contribution in [0.25, 0.3) is 0 Å². The highest BCUT2D eigenvalue weighted by molar-refractivity contribution is 6.31. The molecule has 0 amide bonds. The molecule has 0 aliphatic rings. The van der Waals surface area contributed by atoms with Crippen LogP contribution in [-0.4, -0.2) is 16.6 Å². The lowest BCUT2D eigenvalue weighted by Gasteiger charge is -2.02. The van der Waals surface area contributed by atoms with Crippen molar-refractivity contribution in [3.05, 3.63) is 33.6 Å². The number of rotatable bonds is 3. The number of nitrogens with two attached hydrogens (primary N) is 1. The van der Waals surface area contributed by atoms with Gasteiger partial charge in [-0.15, -0.1) is 11.6 Å². The minimum Gasteiger partial charge on any atom is -0.393 e. The van der Waals surface area contributed by atoms with Gasteiger partial charge in [-0.1, -0.05) is 0 Å². The highest BCUT2D eigenvalue weighted by atomic mass is 35.5. The molecule has 0 aliphatic heterocycles. The topological polar surface area (TPSA) is 86.2 Å². The van der Waals surface area contributed by atoms with Crippen molar-refractivity contribution in [1.29, 1.82) is 0 Å². The number of anilines is 1. The molecule has 0 unspecified atom stereocenters. The van der Waals surface area contributed by atoms with Crippen LogP contribution in [0.15, 0.2) is 12.1 Å². The van der Waals surface area contributed by atoms with Crippen molar-refractivity contribution in [2.75, 3.05) is 11.6 Å². The molecule has 0 bridgehead atoms. The van der Waals surface area contributed by atoms with Gasteiger partial charge in [0.1, 0.15) is 17.1 Å². The maximum Gasteiger partial charge on any atom is 0.303 e. The number of carbonyl (C=O) groups excluding carboxylic acids is 1. The van der Waals surface area contributed by atoms with Gasteiger partial charge in [0.2, 0.25) is 0 Å². The van der Waals surface area contributed by atoms with Crippen molar-refractivity contribution in [3.63, 3.8) is 0 Å². The van der Waals surface area contributed by atoms with E-state index in [0.717, 1.165) is 12.1 Å². The normalized spacial score (nSPS) is 10.0. The maximum absolute atomic E-state index is 12.9. The summed E-state index contributed by atoms with van der Waals surface area (Å²) in [5.74, 6) is -2.02. The van der Waals surface area contributed by atoms with E-state index >= 15 is 0 Å². The number of hydrogen-bond acceptors (Lipinski definition) is 4. The van der Waals surface area contributed by atoms with Crippen molar-refractivity contribution in [1.82, 2.24) is 0 Å². The second-order valence-corrected chi connectivity index (χ2v) is 2.97. The quantitative estimate of drug-likeness (QED) is 0.283. The molecule has 7 heteroatoms. The highest BCUT2D eigenvalue weighted by Crippen LogP contribution is 2.28. The molecule has 0 spiro atoms. The number of nitro groups is 1. The molecule has 2 N–H and O–H groups in total. The van der Waals surface area contributed by atoms with E-state index in [2.05, 4.69) is 0 Å². The molecule has 15 heavy (non-hydrogen) atoms.